The molecule has 1 aliphatic carbocycles. The van der Waals surface area contributed by atoms with E-state index < -0.39 is 0 Å². The van der Waals surface area contributed by atoms with Gasteiger partial charge in [0.2, 0.25) is 0 Å². The van der Waals surface area contributed by atoms with E-state index in [4.69, 9.17) is 5.73 Å². The quantitative estimate of drug-likeness (QED) is 0.735. The van der Waals surface area contributed by atoms with Crippen molar-refractivity contribution >= 4 is 0 Å². The van der Waals surface area contributed by atoms with Gasteiger partial charge in [-0.25, -0.2) is 0 Å². The third-order valence-electron chi connectivity index (χ3n) is 3.93. The number of nitrogens with two attached hydrogens (primary N) is 1. The molecule has 0 aromatic rings. The van der Waals surface area contributed by atoms with Crippen LogP contribution in [0.25, 0.3) is 0 Å². The summed E-state index contributed by atoms with van der Waals surface area (Å²) in [4.78, 5) is 0. The van der Waals surface area contributed by atoms with E-state index >= 15 is 0 Å². The predicted octanol–water partition coefficient (Wildman–Crippen LogP) is 3.58. The highest BCUT2D eigenvalue weighted by atomic mass is 14.7. The molecule has 3 unspecified atom stereocenters. The summed E-state index contributed by atoms with van der Waals surface area (Å²) < 4.78 is 0. The van der Waals surface area contributed by atoms with E-state index in [0.717, 1.165) is 11.8 Å². The standard InChI is InChI=1S/C13H27N/c1-5-6-12(14)11-7-8-13(3,4)9-10(11)2/h10-12H,5-9,14H2,1-4H3. The van der Waals surface area contributed by atoms with E-state index in [-0.39, 0.29) is 0 Å². The molecule has 1 rings (SSSR count). The summed E-state index contributed by atoms with van der Waals surface area (Å²) >= 11 is 0. The van der Waals surface area contributed by atoms with Gasteiger partial charge < -0.3 is 5.73 Å². The lowest BCUT2D eigenvalue weighted by atomic mass is 9.65. The van der Waals surface area contributed by atoms with E-state index in [9.17, 15) is 0 Å². The Bertz CT molecular complexity index is 174. The molecule has 2 N–H and O–H groups in total. The molecule has 1 fully saturated rings. The second kappa shape index (κ2) is 4.65. The van der Waals surface area contributed by atoms with E-state index in [1.807, 2.05) is 0 Å². The molecule has 3 atom stereocenters. The van der Waals surface area contributed by atoms with Gasteiger partial charge in [-0.3, -0.25) is 0 Å². The van der Waals surface area contributed by atoms with Crippen molar-refractivity contribution in [3.63, 3.8) is 0 Å². The molecule has 0 spiro atoms. The van der Waals surface area contributed by atoms with E-state index in [0.29, 0.717) is 11.5 Å². The van der Waals surface area contributed by atoms with Crippen LogP contribution in [0.1, 0.15) is 59.8 Å². The number of rotatable bonds is 3. The molecule has 1 aliphatic rings. The topological polar surface area (TPSA) is 26.0 Å². The zero-order valence-corrected chi connectivity index (χ0v) is 10.3. The third kappa shape index (κ3) is 2.98. The maximum Gasteiger partial charge on any atom is 0.00696 e. The van der Waals surface area contributed by atoms with Crippen LogP contribution in [0.4, 0.5) is 0 Å². The molecular formula is C13H27N. The lowest BCUT2D eigenvalue weighted by molar-refractivity contribution is 0.109. The van der Waals surface area contributed by atoms with Crippen molar-refractivity contribution in [2.75, 3.05) is 0 Å². The van der Waals surface area contributed by atoms with Gasteiger partial charge in [-0.15, -0.1) is 0 Å². The summed E-state index contributed by atoms with van der Waals surface area (Å²) in [5.41, 5.74) is 6.80. The molecule has 1 nitrogen and oxygen atoms in total. The molecule has 0 aromatic heterocycles. The summed E-state index contributed by atoms with van der Waals surface area (Å²) in [7, 11) is 0. The second-order valence-electron chi connectivity index (χ2n) is 6.00. The van der Waals surface area contributed by atoms with Crippen LogP contribution in [0.2, 0.25) is 0 Å². The van der Waals surface area contributed by atoms with Gasteiger partial charge in [0.15, 0.2) is 0 Å². The zero-order valence-electron chi connectivity index (χ0n) is 10.3. The molecule has 1 saturated carbocycles. The van der Waals surface area contributed by atoms with Crippen LogP contribution in [-0.2, 0) is 0 Å². The van der Waals surface area contributed by atoms with Crippen LogP contribution in [0.3, 0.4) is 0 Å². The number of hydrogen-bond donors (Lipinski definition) is 1. The first-order valence-corrected chi connectivity index (χ1v) is 6.22. The first kappa shape index (κ1) is 12.0. The van der Waals surface area contributed by atoms with Gasteiger partial charge in [0.1, 0.15) is 0 Å². The van der Waals surface area contributed by atoms with Gasteiger partial charge in [0.05, 0.1) is 0 Å². The summed E-state index contributed by atoms with van der Waals surface area (Å²) in [6.07, 6.45) is 6.49. The fourth-order valence-corrected chi connectivity index (χ4v) is 3.15. The monoisotopic (exact) mass is 197 g/mol. The predicted molar refractivity (Wildman–Crippen MR) is 63.2 cm³/mol. The van der Waals surface area contributed by atoms with E-state index in [1.165, 1.54) is 32.1 Å². The molecule has 0 saturated heterocycles. The van der Waals surface area contributed by atoms with Gasteiger partial charge in [-0.05, 0) is 42.9 Å². The van der Waals surface area contributed by atoms with Crippen molar-refractivity contribution in [2.24, 2.45) is 23.0 Å². The Balaban J connectivity index is 2.49. The summed E-state index contributed by atoms with van der Waals surface area (Å²) in [6, 6.07) is 0.450. The summed E-state index contributed by atoms with van der Waals surface area (Å²) in [5, 5.41) is 0. The highest BCUT2D eigenvalue weighted by Crippen LogP contribution is 2.42. The maximum absolute atomic E-state index is 6.24. The zero-order chi connectivity index (χ0) is 10.8. The van der Waals surface area contributed by atoms with E-state index in [2.05, 4.69) is 27.7 Å². The molecule has 0 bridgehead atoms. The second-order valence-corrected chi connectivity index (χ2v) is 6.00. The fraction of sp³-hybridized carbons (Fsp3) is 1.00. The van der Waals surface area contributed by atoms with E-state index in [1.54, 1.807) is 0 Å². The lowest BCUT2D eigenvalue weighted by Crippen LogP contribution is -2.39. The minimum absolute atomic E-state index is 0.450. The first-order chi connectivity index (χ1) is 6.46. The van der Waals surface area contributed by atoms with Gasteiger partial charge in [0, 0.05) is 6.04 Å². The Kier molecular flexibility index (Phi) is 4.00. The van der Waals surface area contributed by atoms with Crippen molar-refractivity contribution in [1.29, 1.82) is 0 Å². The minimum atomic E-state index is 0.450. The van der Waals surface area contributed by atoms with Crippen molar-refractivity contribution < 1.29 is 0 Å². The highest BCUT2D eigenvalue weighted by Gasteiger charge is 2.34. The Morgan fingerprint density at radius 1 is 1.43 bits per heavy atom. The summed E-state index contributed by atoms with van der Waals surface area (Å²) in [6.45, 7) is 9.41. The largest absolute Gasteiger partial charge is 0.327 e. The van der Waals surface area contributed by atoms with Gasteiger partial charge >= 0.3 is 0 Å². The SMILES string of the molecule is CCCC(N)C1CCC(C)(C)CC1C. The van der Waals surface area contributed by atoms with Crippen molar-refractivity contribution in [2.45, 2.75) is 65.8 Å². The first-order valence-electron chi connectivity index (χ1n) is 6.22. The Morgan fingerprint density at radius 2 is 2.07 bits per heavy atom. The van der Waals surface area contributed by atoms with Gasteiger partial charge in [0.25, 0.3) is 0 Å². The van der Waals surface area contributed by atoms with Gasteiger partial charge in [-0.2, -0.15) is 0 Å². The van der Waals surface area contributed by atoms with Crippen LogP contribution in [0.15, 0.2) is 0 Å². The molecule has 0 heterocycles. The molecule has 0 amide bonds. The van der Waals surface area contributed by atoms with Crippen LogP contribution in [0.5, 0.6) is 0 Å². The highest BCUT2D eigenvalue weighted by molar-refractivity contribution is 4.87. The molecule has 0 radical (unpaired) electrons. The van der Waals surface area contributed by atoms with Crippen molar-refractivity contribution in [1.82, 2.24) is 0 Å². The van der Waals surface area contributed by atoms with Crippen LogP contribution in [0, 0.1) is 17.3 Å². The molecule has 14 heavy (non-hydrogen) atoms. The Labute approximate surface area is 89.5 Å². The molecule has 0 aromatic carbocycles. The minimum Gasteiger partial charge on any atom is -0.327 e. The van der Waals surface area contributed by atoms with Gasteiger partial charge in [-0.1, -0.05) is 34.1 Å². The average Bonchev–Trinajstić information content (AvgIpc) is 2.02. The Hall–Kier alpha value is -0.0400. The van der Waals surface area contributed by atoms with Crippen molar-refractivity contribution in [3.05, 3.63) is 0 Å². The Morgan fingerprint density at radius 3 is 2.57 bits per heavy atom. The average molecular weight is 197 g/mol. The van der Waals surface area contributed by atoms with Crippen LogP contribution in [-0.4, -0.2) is 6.04 Å². The molecule has 0 aliphatic heterocycles. The van der Waals surface area contributed by atoms with Crippen LogP contribution >= 0.6 is 0 Å². The normalized spacial score (nSPS) is 34.1. The third-order valence-corrected chi connectivity index (χ3v) is 3.93. The number of hydrogen-bond acceptors (Lipinski definition) is 1. The molecule has 1 heteroatoms. The van der Waals surface area contributed by atoms with Crippen LogP contribution < -0.4 is 5.73 Å². The molecule has 84 valence electrons. The fourth-order valence-electron chi connectivity index (χ4n) is 3.15. The van der Waals surface area contributed by atoms with Crippen molar-refractivity contribution in [3.8, 4) is 0 Å². The lowest BCUT2D eigenvalue weighted by Gasteiger charge is -2.41. The maximum atomic E-state index is 6.24. The molecular weight excluding hydrogens is 170 g/mol. The smallest absolute Gasteiger partial charge is 0.00696 e. The summed E-state index contributed by atoms with van der Waals surface area (Å²) in [5.74, 6) is 1.60.